The second-order valence-corrected chi connectivity index (χ2v) is 7.99. The highest BCUT2D eigenvalue weighted by Crippen LogP contribution is 2.32. The molecule has 0 amide bonds. The van der Waals surface area contributed by atoms with Gasteiger partial charge in [0.2, 0.25) is 5.89 Å². The first kappa shape index (κ1) is 23.1. The molecule has 1 unspecified atom stereocenters. The summed E-state index contributed by atoms with van der Waals surface area (Å²) in [4.78, 5) is 27.3. The molecule has 0 spiro atoms. The Labute approximate surface area is 198 Å². The van der Waals surface area contributed by atoms with Crippen molar-refractivity contribution in [2.45, 2.75) is 26.4 Å². The average Bonchev–Trinajstić information content (AvgIpc) is 3.50. The third kappa shape index (κ3) is 5.26. The molecule has 34 heavy (non-hydrogen) atoms. The fourth-order valence-corrected chi connectivity index (χ4v) is 3.96. The molecule has 0 bridgehead atoms. The number of rotatable bonds is 9. The van der Waals surface area contributed by atoms with Gasteiger partial charge in [-0.2, -0.15) is 0 Å². The SMILES string of the molecule is CCOc1ccccc1-c1nc(CC(=O)OC(C)c2nnc(-c3ccc([N+](=O)[O-])cc3)o2)cs1. The van der Waals surface area contributed by atoms with E-state index in [0.717, 1.165) is 16.3 Å². The number of para-hydroxylation sites is 1. The summed E-state index contributed by atoms with van der Waals surface area (Å²) in [6.45, 7) is 4.08. The standard InChI is InChI=1S/C23H20N4O6S/c1-3-31-19-7-5-4-6-18(19)23-24-16(13-34-23)12-20(28)32-14(2)21-25-26-22(33-21)15-8-10-17(11-9-15)27(29)30/h4-11,13-14H,3,12H2,1-2H3. The molecule has 4 aromatic rings. The van der Waals surface area contributed by atoms with Crippen LogP contribution in [-0.4, -0.2) is 32.7 Å². The number of carbonyl (C=O) groups is 1. The molecular weight excluding hydrogens is 460 g/mol. The first-order valence-corrected chi connectivity index (χ1v) is 11.3. The lowest BCUT2D eigenvalue weighted by Gasteiger charge is -2.08. The van der Waals surface area contributed by atoms with E-state index < -0.39 is 17.0 Å². The van der Waals surface area contributed by atoms with Crippen molar-refractivity contribution in [3.05, 3.63) is 75.6 Å². The van der Waals surface area contributed by atoms with Crippen molar-refractivity contribution in [3.8, 4) is 27.8 Å². The molecule has 174 valence electrons. The minimum absolute atomic E-state index is 0.0129. The summed E-state index contributed by atoms with van der Waals surface area (Å²) in [6.07, 6.45) is -0.787. The van der Waals surface area contributed by atoms with Crippen molar-refractivity contribution < 1.29 is 23.6 Å². The van der Waals surface area contributed by atoms with Crippen LogP contribution in [0.1, 0.15) is 31.5 Å². The Morgan fingerprint density at radius 1 is 1.18 bits per heavy atom. The van der Waals surface area contributed by atoms with Gasteiger partial charge in [-0.15, -0.1) is 21.5 Å². The number of nitro groups is 1. The van der Waals surface area contributed by atoms with Crippen molar-refractivity contribution in [1.82, 2.24) is 15.2 Å². The average molecular weight is 481 g/mol. The maximum absolute atomic E-state index is 12.5. The van der Waals surface area contributed by atoms with E-state index in [4.69, 9.17) is 13.9 Å². The van der Waals surface area contributed by atoms with Gasteiger partial charge in [0.1, 0.15) is 10.8 Å². The molecule has 2 aromatic carbocycles. The molecule has 0 saturated carbocycles. The number of carbonyl (C=O) groups excluding carboxylic acids is 1. The highest BCUT2D eigenvalue weighted by Gasteiger charge is 2.21. The summed E-state index contributed by atoms with van der Waals surface area (Å²) in [6, 6.07) is 13.3. The predicted molar refractivity (Wildman–Crippen MR) is 123 cm³/mol. The second kappa shape index (κ2) is 10.2. The molecule has 0 saturated heterocycles. The summed E-state index contributed by atoms with van der Waals surface area (Å²) in [5, 5.41) is 21.2. The first-order valence-electron chi connectivity index (χ1n) is 10.4. The van der Waals surface area contributed by atoms with Gasteiger partial charge in [-0.1, -0.05) is 12.1 Å². The molecule has 0 N–H and O–H groups in total. The molecule has 0 fully saturated rings. The van der Waals surface area contributed by atoms with Crippen molar-refractivity contribution >= 4 is 23.0 Å². The Morgan fingerprint density at radius 2 is 1.94 bits per heavy atom. The van der Waals surface area contributed by atoms with E-state index >= 15 is 0 Å². The number of ether oxygens (including phenoxy) is 2. The smallest absolute Gasteiger partial charge is 0.312 e. The molecule has 0 aliphatic rings. The molecule has 0 aliphatic heterocycles. The summed E-state index contributed by atoms with van der Waals surface area (Å²) >= 11 is 1.42. The third-order valence-corrected chi connectivity index (χ3v) is 5.64. The van der Waals surface area contributed by atoms with Crippen LogP contribution in [0.15, 0.2) is 58.3 Å². The van der Waals surface area contributed by atoms with Gasteiger partial charge < -0.3 is 13.9 Å². The first-order chi connectivity index (χ1) is 16.4. The van der Waals surface area contributed by atoms with Gasteiger partial charge in [-0.25, -0.2) is 4.98 Å². The molecule has 4 rings (SSSR count). The van der Waals surface area contributed by atoms with E-state index in [1.165, 1.54) is 35.6 Å². The number of hydrogen-bond donors (Lipinski definition) is 0. The third-order valence-electron chi connectivity index (χ3n) is 4.72. The van der Waals surface area contributed by atoms with Crippen LogP contribution < -0.4 is 4.74 Å². The number of aromatic nitrogens is 3. The van der Waals surface area contributed by atoms with Gasteiger partial charge in [-0.05, 0) is 38.1 Å². The van der Waals surface area contributed by atoms with Crippen LogP contribution in [-0.2, 0) is 16.0 Å². The normalized spacial score (nSPS) is 11.7. The minimum Gasteiger partial charge on any atom is -0.493 e. The molecule has 0 radical (unpaired) electrons. The van der Waals surface area contributed by atoms with E-state index in [1.807, 2.05) is 36.6 Å². The quantitative estimate of drug-likeness (QED) is 0.184. The van der Waals surface area contributed by atoms with Gasteiger partial charge in [0.15, 0.2) is 6.10 Å². The van der Waals surface area contributed by atoms with Gasteiger partial charge >= 0.3 is 5.97 Å². The number of thiazole rings is 1. The second-order valence-electron chi connectivity index (χ2n) is 7.13. The van der Waals surface area contributed by atoms with Crippen LogP contribution in [0.25, 0.3) is 22.0 Å². The zero-order chi connectivity index (χ0) is 24.1. The number of nitro benzene ring substituents is 1. The largest absolute Gasteiger partial charge is 0.493 e. The molecule has 11 heteroatoms. The van der Waals surface area contributed by atoms with Crippen molar-refractivity contribution in [2.24, 2.45) is 0 Å². The Bertz CT molecular complexity index is 1300. The van der Waals surface area contributed by atoms with Gasteiger partial charge in [0, 0.05) is 23.1 Å². The molecule has 2 heterocycles. The highest BCUT2D eigenvalue weighted by atomic mass is 32.1. The van der Waals surface area contributed by atoms with Crippen molar-refractivity contribution in [3.63, 3.8) is 0 Å². The maximum atomic E-state index is 12.5. The van der Waals surface area contributed by atoms with Crippen LogP contribution in [0.2, 0.25) is 0 Å². The highest BCUT2D eigenvalue weighted by molar-refractivity contribution is 7.13. The Balaban J connectivity index is 1.38. The Morgan fingerprint density at radius 3 is 2.68 bits per heavy atom. The number of esters is 1. The molecule has 2 aromatic heterocycles. The van der Waals surface area contributed by atoms with Gasteiger partial charge in [-0.3, -0.25) is 14.9 Å². The van der Waals surface area contributed by atoms with Gasteiger partial charge in [0.05, 0.1) is 29.2 Å². The monoisotopic (exact) mass is 480 g/mol. The number of hydrogen-bond acceptors (Lipinski definition) is 10. The van der Waals surface area contributed by atoms with E-state index in [2.05, 4.69) is 15.2 Å². The lowest BCUT2D eigenvalue weighted by molar-refractivity contribution is -0.384. The summed E-state index contributed by atoms with van der Waals surface area (Å²) in [5.41, 5.74) is 1.93. The van der Waals surface area contributed by atoms with Crippen LogP contribution >= 0.6 is 11.3 Å². The van der Waals surface area contributed by atoms with E-state index in [1.54, 1.807) is 6.92 Å². The molecular formula is C23H20N4O6S. The maximum Gasteiger partial charge on any atom is 0.312 e. The minimum atomic E-state index is -0.774. The number of non-ortho nitro benzene ring substituents is 1. The summed E-state index contributed by atoms with van der Waals surface area (Å²) in [7, 11) is 0. The topological polar surface area (TPSA) is 130 Å². The molecule has 1 atom stereocenters. The van der Waals surface area contributed by atoms with Crippen LogP contribution in [0.5, 0.6) is 5.75 Å². The molecule has 0 aliphatic carbocycles. The fourth-order valence-electron chi connectivity index (χ4n) is 3.11. The van der Waals surface area contributed by atoms with Crippen molar-refractivity contribution in [2.75, 3.05) is 6.61 Å². The Kier molecular flexibility index (Phi) is 6.93. The van der Waals surface area contributed by atoms with Crippen LogP contribution in [0, 0.1) is 10.1 Å². The van der Waals surface area contributed by atoms with E-state index in [0.29, 0.717) is 17.9 Å². The Hall–Kier alpha value is -4.12. The summed E-state index contributed by atoms with van der Waals surface area (Å²) < 4.78 is 16.7. The molecule has 10 nitrogen and oxygen atoms in total. The number of nitrogens with zero attached hydrogens (tertiary/aromatic N) is 4. The zero-order valence-electron chi connectivity index (χ0n) is 18.3. The van der Waals surface area contributed by atoms with Crippen LogP contribution in [0.3, 0.4) is 0 Å². The number of benzene rings is 2. The summed E-state index contributed by atoms with van der Waals surface area (Å²) in [5.74, 6) is 0.538. The van der Waals surface area contributed by atoms with E-state index in [-0.39, 0.29) is 23.9 Å². The predicted octanol–water partition coefficient (Wildman–Crippen LogP) is 5.01. The fraction of sp³-hybridized carbons (Fsp3) is 0.217. The van der Waals surface area contributed by atoms with Gasteiger partial charge in [0.25, 0.3) is 11.6 Å². The zero-order valence-corrected chi connectivity index (χ0v) is 19.2. The lowest BCUT2D eigenvalue weighted by atomic mass is 10.2. The lowest BCUT2D eigenvalue weighted by Crippen LogP contribution is -2.12. The van der Waals surface area contributed by atoms with E-state index in [9.17, 15) is 14.9 Å². The van der Waals surface area contributed by atoms with Crippen LogP contribution in [0.4, 0.5) is 5.69 Å². The van der Waals surface area contributed by atoms with Crippen molar-refractivity contribution in [1.29, 1.82) is 0 Å².